The van der Waals surface area contributed by atoms with Crippen molar-refractivity contribution in [3.05, 3.63) is 57.8 Å². The van der Waals surface area contributed by atoms with Crippen LogP contribution in [-0.4, -0.2) is 41.8 Å². The van der Waals surface area contributed by atoms with Crippen LogP contribution < -0.4 is 11.1 Å². The lowest BCUT2D eigenvalue weighted by Gasteiger charge is -2.24. The maximum atomic E-state index is 12.6. The van der Waals surface area contributed by atoms with Crippen molar-refractivity contribution in [1.29, 1.82) is 0 Å². The molecular weight excluding hydrogens is 362 g/mol. The minimum Gasteiger partial charge on any atom is -0.366 e. The Kier molecular flexibility index (Phi) is 6.24. The average molecular weight is 385 g/mol. The molecule has 0 radical (unpaired) electrons. The van der Waals surface area contributed by atoms with E-state index in [1.807, 2.05) is 23.6 Å². The molecule has 1 fully saturated rings. The Balaban J connectivity index is 1.51. The third-order valence-corrected chi connectivity index (χ3v) is 5.58. The van der Waals surface area contributed by atoms with Gasteiger partial charge in [0.05, 0.1) is 6.42 Å². The van der Waals surface area contributed by atoms with Gasteiger partial charge in [-0.25, -0.2) is 0 Å². The van der Waals surface area contributed by atoms with Crippen LogP contribution in [0.2, 0.25) is 0 Å². The molecule has 2 heterocycles. The molecule has 1 aromatic heterocycles. The predicted molar refractivity (Wildman–Crippen MR) is 104 cm³/mol. The Hall–Kier alpha value is -2.67. The summed E-state index contributed by atoms with van der Waals surface area (Å²) < 4.78 is 0. The van der Waals surface area contributed by atoms with Crippen LogP contribution in [0.25, 0.3) is 0 Å². The molecule has 1 aliphatic rings. The summed E-state index contributed by atoms with van der Waals surface area (Å²) in [4.78, 5) is 39.0. The SMILES string of the molecule is NC(=O)c1cccc(CCNC(=O)C2CCCN2C(=O)Cc2cccs2)c1. The van der Waals surface area contributed by atoms with E-state index in [1.54, 1.807) is 34.4 Å². The van der Waals surface area contributed by atoms with Gasteiger partial charge < -0.3 is 16.0 Å². The van der Waals surface area contributed by atoms with Crippen molar-refractivity contribution in [2.24, 2.45) is 5.73 Å². The molecule has 1 saturated heterocycles. The summed E-state index contributed by atoms with van der Waals surface area (Å²) in [6.07, 6.45) is 2.48. The molecule has 0 saturated carbocycles. The van der Waals surface area contributed by atoms with Crippen molar-refractivity contribution in [3.63, 3.8) is 0 Å². The molecule has 7 heteroatoms. The smallest absolute Gasteiger partial charge is 0.248 e. The minimum atomic E-state index is -0.466. The quantitative estimate of drug-likeness (QED) is 0.760. The first-order chi connectivity index (χ1) is 13.0. The average Bonchev–Trinajstić information content (AvgIpc) is 3.33. The minimum absolute atomic E-state index is 0.00394. The standard InChI is InChI=1S/C20H23N3O3S/c21-19(25)15-5-1-4-14(12-15)8-9-22-20(26)17-7-2-10-23(17)18(24)13-16-6-3-11-27-16/h1,3-6,11-12,17H,2,7-10,13H2,(H2,21,25)(H,22,26). The van der Waals surface area contributed by atoms with Crippen molar-refractivity contribution >= 4 is 29.1 Å². The Morgan fingerprint density at radius 2 is 2.07 bits per heavy atom. The molecule has 1 atom stereocenters. The van der Waals surface area contributed by atoms with Crippen molar-refractivity contribution in [2.75, 3.05) is 13.1 Å². The highest BCUT2D eigenvalue weighted by atomic mass is 32.1. The van der Waals surface area contributed by atoms with Gasteiger partial charge in [0.2, 0.25) is 17.7 Å². The van der Waals surface area contributed by atoms with Crippen LogP contribution in [0, 0.1) is 0 Å². The highest BCUT2D eigenvalue weighted by molar-refractivity contribution is 7.10. The number of benzene rings is 1. The number of nitrogens with one attached hydrogen (secondary N) is 1. The molecule has 142 valence electrons. The van der Waals surface area contributed by atoms with Crippen molar-refractivity contribution in [3.8, 4) is 0 Å². The molecule has 1 unspecified atom stereocenters. The lowest BCUT2D eigenvalue weighted by atomic mass is 10.1. The molecular formula is C20H23N3O3S. The second-order valence-electron chi connectivity index (χ2n) is 6.61. The molecule has 6 nitrogen and oxygen atoms in total. The summed E-state index contributed by atoms with van der Waals surface area (Å²) in [5, 5.41) is 4.87. The summed E-state index contributed by atoms with van der Waals surface area (Å²) in [6.45, 7) is 1.08. The van der Waals surface area contributed by atoms with Gasteiger partial charge in [0.1, 0.15) is 6.04 Å². The molecule has 3 amide bonds. The van der Waals surface area contributed by atoms with Gasteiger partial charge in [0.15, 0.2) is 0 Å². The van der Waals surface area contributed by atoms with E-state index < -0.39 is 11.9 Å². The Morgan fingerprint density at radius 3 is 2.81 bits per heavy atom. The number of hydrogen-bond acceptors (Lipinski definition) is 4. The van der Waals surface area contributed by atoms with Gasteiger partial charge in [-0.05, 0) is 48.4 Å². The topological polar surface area (TPSA) is 92.5 Å². The van der Waals surface area contributed by atoms with E-state index >= 15 is 0 Å². The third kappa shape index (κ3) is 4.95. The number of thiophene rings is 1. The van der Waals surface area contributed by atoms with Gasteiger partial charge in [-0.1, -0.05) is 18.2 Å². The van der Waals surface area contributed by atoms with Gasteiger partial charge in [-0.2, -0.15) is 0 Å². The number of amides is 3. The third-order valence-electron chi connectivity index (χ3n) is 4.71. The Bertz CT molecular complexity index is 820. The first kappa shape index (κ1) is 19.1. The maximum Gasteiger partial charge on any atom is 0.248 e. The van der Waals surface area contributed by atoms with E-state index in [0.29, 0.717) is 37.9 Å². The van der Waals surface area contributed by atoms with Crippen molar-refractivity contribution in [2.45, 2.75) is 31.7 Å². The van der Waals surface area contributed by atoms with Gasteiger partial charge >= 0.3 is 0 Å². The zero-order valence-corrected chi connectivity index (χ0v) is 15.8. The normalized spacial score (nSPS) is 16.3. The van der Waals surface area contributed by atoms with E-state index in [0.717, 1.165) is 16.9 Å². The van der Waals surface area contributed by atoms with Crippen LogP contribution in [0.5, 0.6) is 0 Å². The fraction of sp³-hybridized carbons (Fsp3) is 0.350. The number of primary amides is 1. The van der Waals surface area contributed by atoms with Gasteiger partial charge in [0, 0.05) is 23.5 Å². The molecule has 27 heavy (non-hydrogen) atoms. The summed E-state index contributed by atoms with van der Waals surface area (Å²) in [5.41, 5.74) is 6.68. The van der Waals surface area contributed by atoms with Crippen LogP contribution in [-0.2, 0) is 22.4 Å². The lowest BCUT2D eigenvalue weighted by Crippen LogP contribution is -2.46. The van der Waals surface area contributed by atoms with Crippen molar-refractivity contribution in [1.82, 2.24) is 10.2 Å². The zero-order valence-electron chi connectivity index (χ0n) is 15.0. The molecule has 0 bridgehead atoms. The Labute approximate surface area is 162 Å². The summed E-state index contributed by atoms with van der Waals surface area (Å²) in [7, 11) is 0. The van der Waals surface area contributed by atoms with E-state index in [-0.39, 0.29) is 11.8 Å². The first-order valence-corrected chi connectivity index (χ1v) is 9.91. The molecule has 2 aromatic rings. The van der Waals surface area contributed by atoms with Crippen LogP contribution in [0.3, 0.4) is 0 Å². The second-order valence-corrected chi connectivity index (χ2v) is 7.64. The second kappa shape index (κ2) is 8.81. The number of nitrogens with zero attached hydrogens (tertiary/aromatic N) is 1. The first-order valence-electron chi connectivity index (χ1n) is 9.03. The molecule has 1 aromatic carbocycles. The lowest BCUT2D eigenvalue weighted by molar-refractivity contribution is -0.137. The molecule has 0 spiro atoms. The van der Waals surface area contributed by atoms with Crippen molar-refractivity contribution < 1.29 is 14.4 Å². The summed E-state index contributed by atoms with van der Waals surface area (Å²) in [5.74, 6) is -0.575. The van der Waals surface area contributed by atoms with Gasteiger partial charge in [0.25, 0.3) is 0 Å². The number of hydrogen-bond donors (Lipinski definition) is 2. The molecule has 3 N–H and O–H groups in total. The fourth-order valence-corrected chi connectivity index (χ4v) is 4.03. The number of nitrogens with two attached hydrogens (primary N) is 1. The van der Waals surface area contributed by atoms with E-state index in [9.17, 15) is 14.4 Å². The van der Waals surface area contributed by atoms with Crippen LogP contribution >= 0.6 is 11.3 Å². The molecule has 1 aliphatic heterocycles. The fourth-order valence-electron chi connectivity index (χ4n) is 3.33. The highest BCUT2D eigenvalue weighted by Gasteiger charge is 2.33. The number of carbonyl (C=O) groups excluding carboxylic acids is 3. The predicted octanol–water partition coefficient (Wildman–Crippen LogP) is 1.74. The van der Waals surface area contributed by atoms with Gasteiger partial charge in [-0.3, -0.25) is 14.4 Å². The van der Waals surface area contributed by atoms with Crippen LogP contribution in [0.1, 0.15) is 33.6 Å². The van der Waals surface area contributed by atoms with Crippen LogP contribution in [0.15, 0.2) is 41.8 Å². The van der Waals surface area contributed by atoms with E-state index in [2.05, 4.69) is 5.32 Å². The largest absolute Gasteiger partial charge is 0.366 e. The number of carbonyl (C=O) groups is 3. The summed E-state index contributed by atoms with van der Waals surface area (Å²) >= 11 is 1.55. The van der Waals surface area contributed by atoms with Crippen LogP contribution in [0.4, 0.5) is 0 Å². The van der Waals surface area contributed by atoms with E-state index in [4.69, 9.17) is 5.73 Å². The highest BCUT2D eigenvalue weighted by Crippen LogP contribution is 2.20. The zero-order chi connectivity index (χ0) is 19.2. The molecule has 0 aliphatic carbocycles. The Morgan fingerprint density at radius 1 is 1.22 bits per heavy atom. The number of likely N-dealkylation sites (tertiary alicyclic amines) is 1. The molecule has 3 rings (SSSR count). The van der Waals surface area contributed by atoms with E-state index in [1.165, 1.54) is 0 Å². The van der Waals surface area contributed by atoms with Gasteiger partial charge in [-0.15, -0.1) is 11.3 Å². The summed E-state index contributed by atoms with van der Waals surface area (Å²) in [6, 6.07) is 10.5. The number of rotatable bonds is 7. The maximum absolute atomic E-state index is 12.6. The monoisotopic (exact) mass is 385 g/mol.